The molecule has 2 aliphatic carbocycles. The highest BCUT2D eigenvalue weighted by molar-refractivity contribution is 5.94. The van der Waals surface area contributed by atoms with E-state index in [9.17, 15) is 27.2 Å². The Morgan fingerprint density at radius 1 is 1.09 bits per heavy atom. The quantitative estimate of drug-likeness (QED) is 0.215. The zero-order valence-electron chi connectivity index (χ0n) is 23.1. The second kappa shape index (κ2) is 13.6. The average Bonchev–Trinajstić information content (AvgIpc) is 3.88. The number of benzene rings is 2. The molecule has 0 radical (unpaired) electrons. The maximum Gasteiger partial charge on any atom is 0.387 e. The second-order valence-electron chi connectivity index (χ2n) is 10.5. The van der Waals surface area contributed by atoms with E-state index in [0.29, 0.717) is 24.2 Å². The SMILES string of the molecule is C[C@H](N)c1oc(-c2ccc(OC(F)F)c(OCC3CC3)c2)nc1C(=O)N[C@H](CNC(=O)C1CC1)c1ccc(F)cc1F.Cl. The number of carbonyl (C=O) groups excluding carboxylic acids is 2. The number of amides is 2. The van der Waals surface area contributed by atoms with Gasteiger partial charge in [-0.3, -0.25) is 9.59 Å². The molecule has 0 aliphatic heterocycles. The van der Waals surface area contributed by atoms with Gasteiger partial charge in [0.25, 0.3) is 5.91 Å². The number of hydrogen-bond acceptors (Lipinski definition) is 7. The monoisotopic (exact) mass is 626 g/mol. The number of rotatable bonds is 13. The van der Waals surface area contributed by atoms with Crippen LogP contribution in [0.1, 0.15) is 66.5 Å². The summed E-state index contributed by atoms with van der Waals surface area (Å²) in [4.78, 5) is 30.0. The number of ether oxygens (including phenoxy) is 2. The maximum absolute atomic E-state index is 14.7. The van der Waals surface area contributed by atoms with Crippen molar-refractivity contribution in [3.8, 4) is 23.0 Å². The topological polar surface area (TPSA) is 129 Å². The van der Waals surface area contributed by atoms with Gasteiger partial charge in [-0.05, 0) is 62.8 Å². The van der Waals surface area contributed by atoms with Crippen LogP contribution in [0.3, 0.4) is 0 Å². The largest absolute Gasteiger partial charge is 0.489 e. The predicted molar refractivity (Wildman–Crippen MR) is 149 cm³/mol. The molecule has 0 saturated heterocycles. The number of nitrogens with zero attached hydrogens (tertiary/aromatic N) is 1. The summed E-state index contributed by atoms with van der Waals surface area (Å²) in [5, 5.41) is 5.34. The minimum Gasteiger partial charge on any atom is -0.489 e. The lowest BCUT2D eigenvalue weighted by molar-refractivity contribution is -0.122. The molecule has 2 aromatic carbocycles. The average molecular weight is 627 g/mol. The fourth-order valence-corrected chi connectivity index (χ4v) is 4.31. The smallest absolute Gasteiger partial charge is 0.387 e. The highest BCUT2D eigenvalue weighted by atomic mass is 35.5. The van der Waals surface area contributed by atoms with Crippen molar-refractivity contribution in [3.05, 3.63) is 65.1 Å². The van der Waals surface area contributed by atoms with Gasteiger partial charge in [0, 0.05) is 29.7 Å². The second-order valence-corrected chi connectivity index (χ2v) is 10.5. The first-order chi connectivity index (χ1) is 20.1. The highest BCUT2D eigenvalue weighted by Crippen LogP contribution is 2.37. The lowest BCUT2D eigenvalue weighted by Crippen LogP contribution is -2.39. The van der Waals surface area contributed by atoms with Crippen LogP contribution in [-0.4, -0.2) is 36.6 Å². The van der Waals surface area contributed by atoms with Crippen LogP contribution in [0.2, 0.25) is 0 Å². The molecule has 5 rings (SSSR count). The third-order valence-electron chi connectivity index (χ3n) is 6.93. The number of nitrogens with two attached hydrogens (primary N) is 1. The molecule has 2 fully saturated rings. The fourth-order valence-electron chi connectivity index (χ4n) is 4.31. The molecule has 2 atom stereocenters. The molecule has 2 aliphatic rings. The van der Waals surface area contributed by atoms with E-state index in [1.807, 2.05) is 0 Å². The van der Waals surface area contributed by atoms with E-state index < -0.39 is 36.2 Å². The van der Waals surface area contributed by atoms with Crippen molar-refractivity contribution in [2.45, 2.75) is 51.3 Å². The number of aromatic nitrogens is 1. The third kappa shape index (κ3) is 8.17. The summed E-state index contributed by atoms with van der Waals surface area (Å²) >= 11 is 0. The highest BCUT2D eigenvalue weighted by Gasteiger charge is 2.32. The first-order valence-corrected chi connectivity index (χ1v) is 13.6. The Balaban J connectivity index is 0.00000423. The molecule has 0 spiro atoms. The lowest BCUT2D eigenvalue weighted by atomic mass is 10.0. The van der Waals surface area contributed by atoms with E-state index >= 15 is 0 Å². The van der Waals surface area contributed by atoms with E-state index in [1.165, 1.54) is 24.3 Å². The first kappa shape index (κ1) is 32.1. The van der Waals surface area contributed by atoms with Gasteiger partial charge >= 0.3 is 6.61 Å². The van der Waals surface area contributed by atoms with Gasteiger partial charge in [0.05, 0.1) is 18.7 Å². The van der Waals surface area contributed by atoms with Gasteiger partial charge < -0.3 is 30.3 Å². The summed E-state index contributed by atoms with van der Waals surface area (Å²) in [5.41, 5.74) is 6.13. The summed E-state index contributed by atoms with van der Waals surface area (Å²) in [7, 11) is 0. The summed E-state index contributed by atoms with van der Waals surface area (Å²) in [6.07, 6.45) is 3.45. The molecule has 2 saturated carbocycles. The molecule has 0 unspecified atom stereocenters. The van der Waals surface area contributed by atoms with Gasteiger partial charge in [-0.1, -0.05) is 6.07 Å². The number of alkyl halides is 2. The zero-order chi connectivity index (χ0) is 30.0. The van der Waals surface area contributed by atoms with Crippen molar-refractivity contribution in [2.24, 2.45) is 17.6 Å². The van der Waals surface area contributed by atoms with Gasteiger partial charge in [-0.25, -0.2) is 13.8 Å². The van der Waals surface area contributed by atoms with E-state index in [0.717, 1.165) is 31.7 Å². The Kier molecular flexibility index (Phi) is 10.2. The molecule has 43 heavy (non-hydrogen) atoms. The summed E-state index contributed by atoms with van der Waals surface area (Å²) in [6, 6.07) is 5.17. The summed E-state index contributed by atoms with van der Waals surface area (Å²) in [5.74, 6) is -2.64. The van der Waals surface area contributed by atoms with Gasteiger partial charge in [0.15, 0.2) is 23.0 Å². The van der Waals surface area contributed by atoms with E-state index in [-0.39, 0.29) is 65.2 Å². The van der Waals surface area contributed by atoms with Crippen LogP contribution < -0.4 is 25.8 Å². The van der Waals surface area contributed by atoms with Gasteiger partial charge in [-0.15, -0.1) is 12.4 Å². The van der Waals surface area contributed by atoms with Gasteiger partial charge in [-0.2, -0.15) is 8.78 Å². The number of hydrogen-bond donors (Lipinski definition) is 3. The molecule has 4 N–H and O–H groups in total. The summed E-state index contributed by atoms with van der Waals surface area (Å²) < 4.78 is 70.3. The zero-order valence-corrected chi connectivity index (χ0v) is 23.9. The molecular weight excluding hydrogens is 596 g/mol. The molecule has 3 aromatic rings. The molecule has 0 bridgehead atoms. The number of halogens is 5. The van der Waals surface area contributed by atoms with Crippen molar-refractivity contribution in [3.63, 3.8) is 0 Å². The lowest BCUT2D eigenvalue weighted by Gasteiger charge is -2.20. The van der Waals surface area contributed by atoms with Crippen molar-refractivity contribution < 1.29 is 41.0 Å². The first-order valence-electron chi connectivity index (χ1n) is 13.6. The van der Waals surface area contributed by atoms with Crippen molar-refractivity contribution in [1.82, 2.24) is 15.6 Å². The van der Waals surface area contributed by atoms with Gasteiger partial charge in [0.1, 0.15) is 11.6 Å². The molecule has 1 aromatic heterocycles. The number of carbonyl (C=O) groups is 2. The van der Waals surface area contributed by atoms with Crippen LogP contribution in [0.4, 0.5) is 17.6 Å². The number of nitrogens with one attached hydrogen (secondary N) is 2. The van der Waals surface area contributed by atoms with Crippen molar-refractivity contribution in [2.75, 3.05) is 13.2 Å². The molecule has 232 valence electrons. The van der Waals surface area contributed by atoms with Crippen LogP contribution in [0.15, 0.2) is 40.8 Å². The molecule has 14 heteroatoms. The normalized spacial score (nSPS) is 15.8. The van der Waals surface area contributed by atoms with Crippen LogP contribution in [0.5, 0.6) is 11.5 Å². The Morgan fingerprint density at radius 2 is 1.84 bits per heavy atom. The standard InChI is InChI=1S/C29H30F4N4O5.ClH/c1-14(34)25-24(27(39)36-21(12-35-26(38)16-4-5-16)19-8-7-18(30)11-20(19)31)37-28(42-25)17-6-9-22(41-29(32)33)23(10-17)40-13-15-2-3-15;/h6-11,14-16,21,29H,2-5,12-13,34H2,1H3,(H,35,38)(H,36,39);1H/t14-,21+;/m0./s1. The Morgan fingerprint density at radius 3 is 2.47 bits per heavy atom. The molecule has 9 nitrogen and oxygen atoms in total. The Labute approximate surface area is 250 Å². The van der Waals surface area contributed by atoms with Crippen LogP contribution >= 0.6 is 12.4 Å². The predicted octanol–water partition coefficient (Wildman–Crippen LogP) is 5.45. The van der Waals surface area contributed by atoms with E-state index in [2.05, 4.69) is 20.4 Å². The van der Waals surface area contributed by atoms with Crippen molar-refractivity contribution >= 4 is 24.2 Å². The minimum atomic E-state index is -3.06. The van der Waals surface area contributed by atoms with Crippen LogP contribution in [0, 0.1) is 23.5 Å². The van der Waals surface area contributed by atoms with E-state index in [1.54, 1.807) is 6.92 Å². The Bertz CT molecular complexity index is 1460. The molecular formula is C29H31ClF4N4O5. The summed E-state index contributed by atoms with van der Waals surface area (Å²) in [6.45, 7) is -1.33. The van der Waals surface area contributed by atoms with Gasteiger partial charge in [0.2, 0.25) is 11.8 Å². The molecule has 1 heterocycles. The van der Waals surface area contributed by atoms with Crippen LogP contribution in [-0.2, 0) is 4.79 Å². The Hall–Kier alpha value is -3.84. The number of oxazole rings is 1. The molecule has 2 amide bonds. The minimum absolute atomic E-state index is 0. The van der Waals surface area contributed by atoms with Crippen LogP contribution in [0.25, 0.3) is 11.5 Å². The van der Waals surface area contributed by atoms with E-state index in [4.69, 9.17) is 14.9 Å². The fraction of sp³-hybridized carbons (Fsp3) is 0.414. The van der Waals surface area contributed by atoms with Crippen molar-refractivity contribution in [1.29, 1.82) is 0 Å². The maximum atomic E-state index is 14.7. The third-order valence-corrected chi connectivity index (χ3v) is 6.93.